The first-order chi connectivity index (χ1) is 8.72. The molecule has 3 heteroatoms. The average Bonchev–Trinajstić information content (AvgIpc) is 2.42. The summed E-state index contributed by atoms with van der Waals surface area (Å²) in [6.45, 7) is 2.02. The molecule has 0 heterocycles. The molecule has 2 aromatic rings. The Balaban J connectivity index is 2.19. The maximum atomic E-state index is 10.6. The van der Waals surface area contributed by atoms with Gasteiger partial charge in [-0.3, -0.25) is 4.79 Å². The van der Waals surface area contributed by atoms with E-state index in [1.54, 1.807) is 19.2 Å². The number of ether oxygens (including phenoxy) is 1. The van der Waals surface area contributed by atoms with Crippen molar-refractivity contribution in [2.75, 3.05) is 12.4 Å². The number of hydrogen-bond acceptors (Lipinski definition) is 3. The molecule has 0 radical (unpaired) electrons. The zero-order valence-corrected chi connectivity index (χ0v) is 10.4. The molecule has 0 spiro atoms. The van der Waals surface area contributed by atoms with Crippen LogP contribution in [0.15, 0.2) is 42.5 Å². The smallest absolute Gasteiger partial charge is 0.150 e. The van der Waals surface area contributed by atoms with Gasteiger partial charge < -0.3 is 10.1 Å². The summed E-state index contributed by atoms with van der Waals surface area (Å²) in [5.41, 5.74) is 3.75. The van der Waals surface area contributed by atoms with E-state index in [1.807, 2.05) is 37.3 Å². The second-order valence-corrected chi connectivity index (χ2v) is 4.05. The highest BCUT2D eigenvalue weighted by atomic mass is 16.5. The largest absolute Gasteiger partial charge is 0.497 e. The van der Waals surface area contributed by atoms with Crippen molar-refractivity contribution < 1.29 is 9.53 Å². The minimum atomic E-state index is 0.673. The van der Waals surface area contributed by atoms with Gasteiger partial charge in [-0.25, -0.2) is 0 Å². The van der Waals surface area contributed by atoms with Crippen LogP contribution >= 0.6 is 0 Å². The number of aryl methyl sites for hydroxylation is 1. The number of anilines is 2. The Kier molecular flexibility index (Phi) is 3.63. The van der Waals surface area contributed by atoms with Gasteiger partial charge >= 0.3 is 0 Å². The van der Waals surface area contributed by atoms with Gasteiger partial charge in [0, 0.05) is 16.9 Å². The highest BCUT2D eigenvalue weighted by Crippen LogP contribution is 2.24. The van der Waals surface area contributed by atoms with Crippen molar-refractivity contribution in [1.29, 1.82) is 0 Å². The summed E-state index contributed by atoms with van der Waals surface area (Å²) in [6, 6.07) is 13.2. The number of aldehydes is 1. The molecule has 0 bridgehead atoms. The van der Waals surface area contributed by atoms with Crippen LogP contribution in [0.5, 0.6) is 5.75 Å². The van der Waals surface area contributed by atoms with Crippen LogP contribution < -0.4 is 10.1 Å². The fraction of sp³-hybridized carbons (Fsp3) is 0.133. The van der Waals surface area contributed by atoms with Crippen LogP contribution in [0.3, 0.4) is 0 Å². The Morgan fingerprint density at radius 2 is 1.83 bits per heavy atom. The number of benzene rings is 2. The van der Waals surface area contributed by atoms with Gasteiger partial charge in [0.05, 0.1) is 7.11 Å². The molecule has 0 atom stereocenters. The lowest BCUT2D eigenvalue weighted by molar-refractivity contribution is 0.112. The number of carbonyl (C=O) groups excluding carboxylic acids is 1. The van der Waals surface area contributed by atoms with Gasteiger partial charge in [-0.2, -0.15) is 0 Å². The average molecular weight is 241 g/mol. The maximum absolute atomic E-state index is 10.6. The van der Waals surface area contributed by atoms with E-state index in [2.05, 4.69) is 5.32 Å². The molecule has 0 aromatic heterocycles. The van der Waals surface area contributed by atoms with Crippen molar-refractivity contribution in [1.82, 2.24) is 0 Å². The number of methoxy groups -OCH3 is 1. The van der Waals surface area contributed by atoms with E-state index < -0.39 is 0 Å². The second-order valence-electron chi connectivity index (χ2n) is 4.05. The van der Waals surface area contributed by atoms with Gasteiger partial charge in [-0.15, -0.1) is 0 Å². The zero-order valence-electron chi connectivity index (χ0n) is 10.4. The molecule has 1 N–H and O–H groups in total. The van der Waals surface area contributed by atoms with Crippen LogP contribution in [0.4, 0.5) is 11.4 Å². The summed E-state index contributed by atoms with van der Waals surface area (Å²) >= 11 is 0. The quantitative estimate of drug-likeness (QED) is 0.832. The fourth-order valence-electron chi connectivity index (χ4n) is 1.70. The third-order valence-electron chi connectivity index (χ3n) is 2.76. The van der Waals surface area contributed by atoms with Crippen LogP contribution in [0.25, 0.3) is 0 Å². The highest BCUT2D eigenvalue weighted by molar-refractivity contribution is 5.76. The summed E-state index contributed by atoms with van der Waals surface area (Å²) in [7, 11) is 1.65. The van der Waals surface area contributed by atoms with Crippen molar-refractivity contribution in [2.45, 2.75) is 6.92 Å². The summed E-state index contributed by atoms with van der Waals surface area (Å²) < 4.78 is 5.16. The van der Waals surface area contributed by atoms with Crippen molar-refractivity contribution >= 4 is 17.7 Å². The molecule has 3 nitrogen and oxygen atoms in total. The number of carbonyl (C=O) groups is 1. The van der Waals surface area contributed by atoms with E-state index in [-0.39, 0.29) is 0 Å². The first-order valence-corrected chi connectivity index (χ1v) is 5.70. The van der Waals surface area contributed by atoms with E-state index in [0.717, 1.165) is 29.0 Å². The molecule has 92 valence electrons. The minimum Gasteiger partial charge on any atom is -0.497 e. The normalized spacial score (nSPS) is 9.89. The molecule has 2 rings (SSSR count). The minimum absolute atomic E-state index is 0.673. The molecule has 0 aliphatic heterocycles. The Hall–Kier alpha value is -2.29. The number of hydrogen-bond donors (Lipinski definition) is 1. The summed E-state index contributed by atoms with van der Waals surface area (Å²) in [4.78, 5) is 10.6. The third kappa shape index (κ3) is 2.69. The van der Waals surface area contributed by atoms with E-state index in [4.69, 9.17) is 4.74 Å². The summed E-state index contributed by atoms with van der Waals surface area (Å²) in [5, 5.41) is 3.30. The number of rotatable bonds is 4. The van der Waals surface area contributed by atoms with E-state index in [9.17, 15) is 4.79 Å². The van der Waals surface area contributed by atoms with Crippen molar-refractivity contribution in [2.24, 2.45) is 0 Å². The molecule has 0 fully saturated rings. The summed E-state index contributed by atoms with van der Waals surface area (Å²) in [5.74, 6) is 0.842. The second kappa shape index (κ2) is 5.36. The molecule has 0 saturated heterocycles. The maximum Gasteiger partial charge on any atom is 0.150 e. The van der Waals surface area contributed by atoms with Crippen LogP contribution in [0.2, 0.25) is 0 Å². The van der Waals surface area contributed by atoms with Gasteiger partial charge in [-0.1, -0.05) is 0 Å². The lowest BCUT2D eigenvalue weighted by Gasteiger charge is -2.11. The lowest BCUT2D eigenvalue weighted by atomic mass is 10.1. The number of nitrogens with one attached hydrogen (secondary N) is 1. The molecule has 18 heavy (non-hydrogen) atoms. The molecule has 0 amide bonds. The van der Waals surface area contributed by atoms with E-state index in [1.165, 1.54) is 0 Å². The van der Waals surface area contributed by atoms with Crippen molar-refractivity contribution in [3.63, 3.8) is 0 Å². The van der Waals surface area contributed by atoms with E-state index >= 15 is 0 Å². The van der Waals surface area contributed by atoms with Gasteiger partial charge in [0.25, 0.3) is 0 Å². The van der Waals surface area contributed by atoms with E-state index in [0.29, 0.717) is 5.56 Å². The monoisotopic (exact) mass is 241 g/mol. The zero-order chi connectivity index (χ0) is 13.0. The third-order valence-corrected chi connectivity index (χ3v) is 2.76. The Morgan fingerprint density at radius 3 is 2.39 bits per heavy atom. The fourth-order valence-corrected chi connectivity index (χ4v) is 1.70. The molecular formula is C15H15NO2. The van der Waals surface area contributed by atoms with Crippen LogP contribution in [-0.4, -0.2) is 13.4 Å². The first kappa shape index (κ1) is 12.2. The van der Waals surface area contributed by atoms with Crippen molar-refractivity contribution in [3.05, 3.63) is 53.6 Å². The molecule has 0 saturated carbocycles. The molecule has 0 aliphatic rings. The Labute approximate surface area is 106 Å². The Morgan fingerprint density at radius 1 is 1.11 bits per heavy atom. The first-order valence-electron chi connectivity index (χ1n) is 5.70. The molecule has 0 aliphatic carbocycles. The lowest BCUT2D eigenvalue weighted by Crippen LogP contribution is -1.94. The van der Waals surface area contributed by atoms with Gasteiger partial charge in [-0.05, 0) is 55.0 Å². The molecule has 2 aromatic carbocycles. The molecular weight excluding hydrogens is 226 g/mol. The highest BCUT2D eigenvalue weighted by Gasteiger charge is 2.01. The van der Waals surface area contributed by atoms with Crippen molar-refractivity contribution in [3.8, 4) is 5.75 Å². The molecule has 0 unspecified atom stereocenters. The topological polar surface area (TPSA) is 38.3 Å². The standard InChI is InChI=1S/C15H15NO2/c1-11-9-14(18-2)7-8-15(11)16-13-5-3-12(10-17)4-6-13/h3-10,16H,1-2H3. The predicted octanol–water partition coefficient (Wildman–Crippen LogP) is 3.56. The predicted molar refractivity (Wildman–Crippen MR) is 72.8 cm³/mol. The van der Waals surface area contributed by atoms with Crippen LogP contribution in [-0.2, 0) is 0 Å². The van der Waals surface area contributed by atoms with Gasteiger partial charge in [0.1, 0.15) is 12.0 Å². The van der Waals surface area contributed by atoms with Gasteiger partial charge in [0.2, 0.25) is 0 Å². The van der Waals surface area contributed by atoms with Crippen LogP contribution in [0.1, 0.15) is 15.9 Å². The SMILES string of the molecule is COc1ccc(Nc2ccc(C=O)cc2)c(C)c1. The van der Waals surface area contributed by atoms with Crippen LogP contribution in [0, 0.1) is 6.92 Å². The van der Waals surface area contributed by atoms with Gasteiger partial charge in [0.15, 0.2) is 0 Å². The summed E-state index contributed by atoms with van der Waals surface area (Å²) in [6.07, 6.45) is 0.836. The Bertz CT molecular complexity index is 547.